The summed E-state index contributed by atoms with van der Waals surface area (Å²) < 4.78 is 23.5. The van der Waals surface area contributed by atoms with Crippen LogP contribution in [0.2, 0.25) is 0 Å². The molecule has 106 valence electrons. The summed E-state index contributed by atoms with van der Waals surface area (Å²) >= 11 is 2.04. The van der Waals surface area contributed by atoms with Gasteiger partial charge in [-0.05, 0) is 30.7 Å². The first-order valence-electron chi connectivity index (χ1n) is 6.76. The highest BCUT2D eigenvalue weighted by Gasteiger charge is 2.19. The molecule has 0 amide bonds. The normalized spacial score (nSPS) is 20.5. The molecule has 19 heavy (non-hydrogen) atoms. The zero-order valence-corrected chi connectivity index (χ0v) is 13.1. The van der Waals surface area contributed by atoms with Crippen LogP contribution in [0.25, 0.3) is 0 Å². The Morgan fingerprint density at radius 2 is 1.95 bits per heavy atom. The number of hydrogen-bond donors (Lipinski definition) is 0. The van der Waals surface area contributed by atoms with Crippen molar-refractivity contribution in [2.45, 2.75) is 30.4 Å². The highest BCUT2D eigenvalue weighted by atomic mass is 32.2. The minimum Gasteiger partial charge on any atom is -0.370 e. The summed E-state index contributed by atoms with van der Waals surface area (Å²) in [7, 11) is -3.08. The van der Waals surface area contributed by atoms with Gasteiger partial charge in [0.25, 0.3) is 0 Å². The number of benzene rings is 1. The van der Waals surface area contributed by atoms with Crippen LogP contribution in [0.15, 0.2) is 29.2 Å². The molecular weight excluding hydrogens is 278 g/mol. The Labute approximate surface area is 120 Å². The van der Waals surface area contributed by atoms with Gasteiger partial charge in [-0.3, -0.25) is 0 Å². The van der Waals surface area contributed by atoms with Gasteiger partial charge in [0.2, 0.25) is 0 Å². The van der Waals surface area contributed by atoms with Crippen LogP contribution in [-0.4, -0.2) is 38.3 Å². The van der Waals surface area contributed by atoms with E-state index in [0.29, 0.717) is 10.1 Å². The fraction of sp³-hybridized carbons (Fsp3) is 0.571. The standard InChI is InChI=1S/C14H21NO2S2/c1-3-13-11-15(9-10-18-13)12-5-7-14(8-6-12)19(16,17)4-2/h5-8,13H,3-4,9-11H2,1-2H3/t13-/m0/s1. The van der Waals surface area contributed by atoms with Crippen molar-refractivity contribution < 1.29 is 8.42 Å². The maximum absolute atomic E-state index is 11.8. The van der Waals surface area contributed by atoms with Crippen molar-refractivity contribution in [3.05, 3.63) is 24.3 Å². The van der Waals surface area contributed by atoms with Crippen molar-refractivity contribution in [3.8, 4) is 0 Å². The van der Waals surface area contributed by atoms with E-state index in [1.54, 1.807) is 19.1 Å². The molecular formula is C14H21NO2S2. The third kappa shape index (κ3) is 3.45. The predicted octanol–water partition coefficient (Wildman–Crippen LogP) is 2.81. The molecule has 1 saturated heterocycles. The van der Waals surface area contributed by atoms with Crippen molar-refractivity contribution in [1.82, 2.24) is 0 Å². The Morgan fingerprint density at radius 1 is 1.26 bits per heavy atom. The lowest BCUT2D eigenvalue weighted by molar-refractivity contribution is 0.597. The van der Waals surface area contributed by atoms with Crippen molar-refractivity contribution >= 4 is 27.3 Å². The third-order valence-corrected chi connectivity index (χ3v) is 6.66. The van der Waals surface area contributed by atoms with Crippen LogP contribution in [-0.2, 0) is 9.84 Å². The quantitative estimate of drug-likeness (QED) is 0.857. The van der Waals surface area contributed by atoms with Crippen LogP contribution >= 0.6 is 11.8 Å². The van der Waals surface area contributed by atoms with Gasteiger partial charge in [-0.2, -0.15) is 11.8 Å². The van der Waals surface area contributed by atoms with E-state index in [2.05, 4.69) is 11.8 Å². The largest absolute Gasteiger partial charge is 0.370 e. The summed E-state index contributed by atoms with van der Waals surface area (Å²) in [5.74, 6) is 1.30. The predicted molar refractivity (Wildman–Crippen MR) is 82.9 cm³/mol. The van der Waals surface area contributed by atoms with Gasteiger partial charge in [-0.1, -0.05) is 13.8 Å². The molecule has 0 N–H and O–H groups in total. The summed E-state index contributed by atoms with van der Waals surface area (Å²) in [4.78, 5) is 2.78. The fourth-order valence-electron chi connectivity index (χ4n) is 2.23. The summed E-state index contributed by atoms with van der Waals surface area (Å²) in [6.45, 7) is 6.00. The lowest BCUT2D eigenvalue weighted by Crippen LogP contribution is -2.37. The van der Waals surface area contributed by atoms with E-state index >= 15 is 0 Å². The Morgan fingerprint density at radius 3 is 2.53 bits per heavy atom. The summed E-state index contributed by atoms with van der Waals surface area (Å²) in [6.07, 6.45) is 1.18. The van der Waals surface area contributed by atoms with Gasteiger partial charge >= 0.3 is 0 Å². The van der Waals surface area contributed by atoms with E-state index in [9.17, 15) is 8.42 Å². The molecule has 1 aromatic carbocycles. The van der Waals surface area contributed by atoms with Crippen molar-refractivity contribution in [2.75, 3.05) is 29.5 Å². The fourth-order valence-corrected chi connectivity index (χ4v) is 4.30. The average molecular weight is 299 g/mol. The van der Waals surface area contributed by atoms with E-state index < -0.39 is 9.84 Å². The van der Waals surface area contributed by atoms with Crippen LogP contribution in [0, 0.1) is 0 Å². The van der Waals surface area contributed by atoms with Gasteiger partial charge in [0, 0.05) is 29.8 Å². The molecule has 1 aliphatic heterocycles. The van der Waals surface area contributed by atoms with E-state index in [1.807, 2.05) is 23.9 Å². The van der Waals surface area contributed by atoms with Gasteiger partial charge < -0.3 is 4.90 Å². The molecule has 0 unspecified atom stereocenters. The van der Waals surface area contributed by atoms with Crippen LogP contribution in [0.4, 0.5) is 5.69 Å². The Balaban J connectivity index is 2.14. The lowest BCUT2D eigenvalue weighted by Gasteiger charge is -2.33. The smallest absolute Gasteiger partial charge is 0.178 e. The molecule has 1 heterocycles. The van der Waals surface area contributed by atoms with Crippen LogP contribution in [0.3, 0.4) is 0 Å². The monoisotopic (exact) mass is 299 g/mol. The van der Waals surface area contributed by atoms with Gasteiger partial charge in [0.15, 0.2) is 9.84 Å². The van der Waals surface area contributed by atoms with Gasteiger partial charge in [0.1, 0.15) is 0 Å². The molecule has 1 aliphatic rings. The molecule has 0 aromatic heterocycles. The third-order valence-electron chi connectivity index (χ3n) is 3.54. The minimum atomic E-state index is -3.08. The topological polar surface area (TPSA) is 37.4 Å². The number of rotatable bonds is 4. The van der Waals surface area contributed by atoms with Crippen molar-refractivity contribution in [1.29, 1.82) is 0 Å². The lowest BCUT2D eigenvalue weighted by atomic mass is 10.2. The number of thioether (sulfide) groups is 1. The second-order valence-corrected chi connectivity index (χ2v) is 8.43. The van der Waals surface area contributed by atoms with E-state index in [1.165, 1.54) is 6.42 Å². The zero-order valence-electron chi connectivity index (χ0n) is 11.5. The molecule has 0 bridgehead atoms. The molecule has 5 heteroatoms. The van der Waals surface area contributed by atoms with E-state index in [4.69, 9.17) is 0 Å². The molecule has 1 atom stereocenters. The molecule has 0 saturated carbocycles. The Kier molecular flexibility index (Phi) is 4.79. The number of anilines is 1. The average Bonchev–Trinajstić information content (AvgIpc) is 2.47. The molecule has 0 radical (unpaired) electrons. The SMILES string of the molecule is CC[C@H]1CN(c2ccc(S(=O)(=O)CC)cc2)CCS1. The first kappa shape index (κ1) is 14.7. The molecule has 1 aromatic rings. The van der Waals surface area contributed by atoms with Gasteiger partial charge in [-0.15, -0.1) is 0 Å². The highest BCUT2D eigenvalue weighted by molar-refractivity contribution is 8.00. The highest BCUT2D eigenvalue weighted by Crippen LogP contribution is 2.26. The number of sulfone groups is 1. The van der Waals surface area contributed by atoms with E-state index in [-0.39, 0.29) is 5.75 Å². The Hall–Kier alpha value is -0.680. The van der Waals surface area contributed by atoms with E-state index in [0.717, 1.165) is 24.5 Å². The molecule has 2 rings (SSSR count). The Bertz CT molecular complexity index is 511. The maximum atomic E-state index is 11.8. The summed E-state index contributed by atoms with van der Waals surface area (Å²) in [5.41, 5.74) is 1.13. The second kappa shape index (κ2) is 6.18. The van der Waals surface area contributed by atoms with Crippen molar-refractivity contribution in [3.63, 3.8) is 0 Å². The molecule has 3 nitrogen and oxygen atoms in total. The molecule has 1 fully saturated rings. The number of hydrogen-bond acceptors (Lipinski definition) is 4. The summed E-state index contributed by atoms with van der Waals surface area (Å²) in [5, 5.41) is 0.688. The number of nitrogens with zero attached hydrogens (tertiary/aromatic N) is 1. The first-order valence-corrected chi connectivity index (χ1v) is 9.46. The van der Waals surface area contributed by atoms with Crippen LogP contribution < -0.4 is 4.90 Å². The molecule has 0 spiro atoms. The first-order chi connectivity index (χ1) is 9.06. The molecule has 0 aliphatic carbocycles. The second-order valence-electron chi connectivity index (χ2n) is 4.74. The van der Waals surface area contributed by atoms with Crippen molar-refractivity contribution in [2.24, 2.45) is 0 Å². The van der Waals surface area contributed by atoms with Gasteiger partial charge in [-0.25, -0.2) is 8.42 Å². The zero-order chi connectivity index (χ0) is 13.9. The maximum Gasteiger partial charge on any atom is 0.178 e. The van der Waals surface area contributed by atoms with Crippen LogP contribution in [0.1, 0.15) is 20.3 Å². The minimum absolute atomic E-state index is 0.157. The summed E-state index contributed by atoms with van der Waals surface area (Å²) in [6, 6.07) is 7.34. The van der Waals surface area contributed by atoms with Crippen LogP contribution in [0.5, 0.6) is 0 Å². The van der Waals surface area contributed by atoms with Gasteiger partial charge in [0.05, 0.1) is 10.6 Å².